The zero-order valence-corrected chi connectivity index (χ0v) is 15.5. The SMILES string of the molecule is CC(=O)N1CC2(CCN(C(=O)c3cn(C)cn3)CC2)CC(O)C1(C)C. The maximum Gasteiger partial charge on any atom is 0.274 e. The lowest BCUT2D eigenvalue weighted by atomic mass is 9.67. The Balaban J connectivity index is 1.70. The normalized spacial score (nSPS) is 25.2. The molecular weight excluding hydrogens is 320 g/mol. The van der Waals surface area contributed by atoms with Crippen LogP contribution in [0.5, 0.6) is 0 Å². The lowest BCUT2D eigenvalue weighted by molar-refractivity contribution is -0.156. The second-order valence-electron chi connectivity index (χ2n) is 8.20. The van der Waals surface area contributed by atoms with Crippen molar-refractivity contribution < 1.29 is 14.7 Å². The smallest absolute Gasteiger partial charge is 0.274 e. The molecule has 2 aliphatic rings. The van der Waals surface area contributed by atoms with E-state index in [9.17, 15) is 14.7 Å². The lowest BCUT2D eigenvalue weighted by Crippen LogP contribution is -2.64. The molecule has 1 N–H and O–H groups in total. The number of carbonyl (C=O) groups excluding carboxylic acids is 2. The number of nitrogens with zero attached hydrogens (tertiary/aromatic N) is 4. The highest BCUT2D eigenvalue weighted by atomic mass is 16.3. The molecular formula is C18H28N4O3. The van der Waals surface area contributed by atoms with E-state index in [0.717, 1.165) is 12.8 Å². The fourth-order valence-corrected chi connectivity index (χ4v) is 4.19. The van der Waals surface area contributed by atoms with Crippen LogP contribution in [0.3, 0.4) is 0 Å². The van der Waals surface area contributed by atoms with E-state index in [4.69, 9.17) is 0 Å². The first-order chi connectivity index (χ1) is 11.6. The van der Waals surface area contributed by atoms with Crippen molar-refractivity contribution in [3.63, 3.8) is 0 Å². The van der Waals surface area contributed by atoms with Gasteiger partial charge in [-0.2, -0.15) is 0 Å². The lowest BCUT2D eigenvalue weighted by Gasteiger charge is -2.55. The number of amides is 2. The van der Waals surface area contributed by atoms with Gasteiger partial charge in [-0.05, 0) is 38.5 Å². The quantitative estimate of drug-likeness (QED) is 0.822. The summed E-state index contributed by atoms with van der Waals surface area (Å²) in [5.74, 6) is -0.0503. The minimum atomic E-state index is -0.553. The number of carbonyl (C=O) groups is 2. The van der Waals surface area contributed by atoms with Crippen LogP contribution >= 0.6 is 0 Å². The van der Waals surface area contributed by atoms with Crippen molar-refractivity contribution in [1.29, 1.82) is 0 Å². The topological polar surface area (TPSA) is 78.7 Å². The molecule has 0 radical (unpaired) electrons. The molecule has 2 aliphatic heterocycles. The highest BCUT2D eigenvalue weighted by Crippen LogP contribution is 2.45. The fraction of sp³-hybridized carbons (Fsp3) is 0.722. The molecule has 1 atom stereocenters. The summed E-state index contributed by atoms with van der Waals surface area (Å²) in [7, 11) is 1.84. The molecule has 0 saturated carbocycles. The van der Waals surface area contributed by atoms with E-state index in [2.05, 4.69) is 4.98 Å². The van der Waals surface area contributed by atoms with Crippen LogP contribution in [0.25, 0.3) is 0 Å². The van der Waals surface area contributed by atoms with Gasteiger partial charge in [0.1, 0.15) is 5.69 Å². The Hall–Kier alpha value is -1.89. The van der Waals surface area contributed by atoms with Gasteiger partial charge in [0.25, 0.3) is 5.91 Å². The van der Waals surface area contributed by atoms with Crippen LogP contribution in [0.1, 0.15) is 50.5 Å². The molecule has 2 fully saturated rings. The molecule has 1 aromatic heterocycles. The van der Waals surface area contributed by atoms with Crippen LogP contribution in [-0.2, 0) is 11.8 Å². The van der Waals surface area contributed by atoms with Gasteiger partial charge in [-0.1, -0.05) is 0 Å². The molecule has 7 heteroatoms. The van der Waals surface area contributed by atoms with Gasteiger partial charge in [-0.25, -0.2) is 4.98 Å². The average molecular weight is 348 g/mol. The average Bonchev–Trinajstić information content (AvgIpc) is 2.98. The number of rotatable bonds is 1. The van der Waals surface area contributed by atoms with Gasteiger partial charge in [0.15, 0.2) is 0 Å². The van der Waals surface area contributed by atoms with Crippen molar-refractivity contribution in [3.05, 3.63) is 18.2 Å². The monoisotopic (exact) mass is 348 g/mol. The first-order valence-corrected chi connectivity index (χ1v) is 8.88. The van der Waals surface area contributed by atoms with Crippen molar-refractivity contribution in [3.8, 4) is 0 Å². The van der Waals surface area contributed by atoms with E-state index in [1.165, 1.54) is 0 Å². The number of aliphatic hydroxyl groups is 1. The van der Waals surface area contributed by atoms with Gasteiger partial charge >= 0.3 is 0 Å². The second-order valence-corrected chi connectivity index (χ2v) is 8.20. The zero-order valence-electron chi connectivity index (χ0n) is 15.5. The third kappa shape index (κ3) is 3.17. The van der Waals surface area contributed by atoms with E-state index in [0.29, 0.717) is 31.7 Å². The molecule has 2 amide bonds. The minimum absolute atomic E-state index is 0.00452. The summed E-state index contributed by atoms with van der Waals surface area (Å²) in [4.78, 5) is 32.4. The predicted molar refractivity (Wildman–Crippen MR) is 92.9 cm³/mol. The summed E-state index contributed by atoms with van der Waals surface area (Å²) in [5, 5.41) is 10.6. The number of piperidine rings is 2. The summed E-state index contributed by atoms with van der Waals surface area (Å²) >= 11 is 0. The summed E-state index contributed by atoms with van der Waals surface area (Å²) in [6.07, 6.45) is 5.07. The zero-order chi connectivity index (χ0) is 18.4. The van der Waals surface area contributed by atoms with E-state index >= 15 is 0 Å². The minimum Gasteiger partial charge on any atom is -0.391 e. The highest BCUT2D eigenvalue weighted by molar-refractivity contribution is 5.92. The number of likely N-dealkylation sites (tertiary alicyclic amines) is 2. The van der Waals surface area contributed by atoms with Crippen molar-refractivity contribution in [1.82, 2.24) is 19.4 Å². The first kappa shape index (κ1) is 17.9. The third-order valence-electron chi connectivity index (χ3n) is 6.05. The van der Waals surface area contributed by atoms with Crippen LogP contribution in [0.4, 0.5) is 0 Å². The Labute approximate surface area is 148 Å². The third-order valence-corrected chi connectivity index (χ3v) is 6.05. The van der Waals surface area contributed by atoms with Gasteiger partial charge in [0.2, 0.25) is 5.91 Å². The van der Waals surface area contributed by atoms with Crippen molar-refractivity contribution in [2.75, 3.05) is 19.6 Å². The molecule has 0 aromatic carbocycles. The molecule has 138 valence electrons. The second kappa shape index (κ2) is 6.12. The number of hydrogen-bond acceptors (Lipinski definition) is 4. The van der Waals surface area contributed by atoms with Crippen molar-refractivity contribution in [2.24, 2.45) is 12.5 Å². The standard InChI is InChI=1S/C18H28N4O3/c1-13(23)22-11-18(9-15(24)17(22,2)3)5-7-21(8-6-18)16(25)14-10-20(4)12-19-14/h10,12,15,24H,5-9,11H2,1-4H3. The fourth-order valence-electron chi connectivity index (χ4n) is 4.19. The maximum absolute atomic E-state index is 12.6. The van der Waals surface area contributed by atoms with E-state index < -0.39 is 11.6 Å². The van der Waals surface area contributed by atoms with Crippen LogP contribution in [0, 0.1) is 5.41 Å². The number of aromatic nitrogens is 2. The molecule has 2 saturated heterocycles. The predicted octanol–water partition coefficient (Wildman–Crippen LogP) is 1.03. The summed E-state index contributed by atoms with van der Waals surface area (Å²) < 4.78 is 1.77. The molecule has 0 bridgehead atoms. The van der Waals surface area contributed by atoms with E-state index in [1.807, 2.05) is 25.8 Å². The number of aliphatic hydroxyl groups excluding tert-OH is 1. The van der Waals surface area contributed by atoms with Crippen LogP contribution in [-0.4, -0.2) is 67.5 Å². The van der Waals surface area contributed by atoms with Gasteiger partial charge in [-0.15, -0.1) is 0 Å². The molecule has 0 aliphatic carbocycles. The Morgan fingerprint density at radius 2 is 1.92 bits per heavy atom. The van der Waals surface area contributed by atoms with E-state index in [1.54, 1.807) is 28.9 Å². The summed E-state index contributed by atoms with van der Waals surface area (Å²) in [5.41, 5.74) is -0.187. The molecule has 1 unspecified atom stereocenters. The maximum atomic E-state index is 12.6. The van der Waals surface area contributed by atoms with Gasteiger partial charge in [0, 0.05) is 39.8 Å². The number of imidazole rings is 1. The van der Waals surface area contributed by atoms with E-state index in [-0.39, 0.29) is 17.2 Å². The molecule has 1 spiro atoms. The first-order valence-electron chi connectivity index (χ1n) is 8.88. The van der Waals surface area contributed by atoms with Crippen LogP contribution < -0.4 is 0 Å². The van der Waals surface area contributed by atoms with Gasteiger partial charge in [0.05, 0.1) is 18.0 Å². The van der Waals surface area contributed by atoms with Gasteiger partial charge < -0.3 is 19.5 Å². The van der Waals surface area contributed by atoms with Crippen LogP contribution in [0.15, 0.2) is 12.5 Å². The Morgan fingerprint density at radius 1 is 1.28 bits per heavy atom. The molecule has 3 heterocycles. The van der Waals surface area contributed by atoms with Gasteiger partial charge in [-0.3, -0.25) is 9.59 Å². The van der Waals surface area contributed by atoms with Crippen molar-refractivity contribution in [2.45, 2.75) is 51.7 Å². The largest absolute Gasteiger partial charge is 0.391 e. The molecule has 7 nitrogen and oxygen atoms in total. The molecule has 25 heavy (non-hydrogen) atoms. The Morgan fingerprint density at radius 3 is 2.44 bits per heavy atom. The number of hydrogen-bond donors (Lipinski definition) is 1. The van der Waals surface area contributed by atoms with Crippen molar-refractivity contribution >= 4 is 11.8 Å². The summed E-state index contributed by atoms with van der Waals surface area (Å²) in [6, 6.07) is 0. The Kier molecular flexibility index (Phi) is 4.39. The molecule has 3 rings (SSSR count). The Bertz CT molecular complexity index is 674. The molecule has 1 aromatic rings. The highest BCUT2D eigenvalue weighted by Gasteiger charge is 2.50. The van der Waals surface area contributed by atoms with Crippen LogP contribution in [0.2, 0.25) is 0 Å². The number of aryl methyl sites for hydroxylation is 1. The summed E-state index contributed by atoms with van der Waals surface area (Å²) in [6.45, 7) is 7.32.